The second-order valence-corrected chi connectivity index (χ2v) is 3.14. The fraction of sp³-hybridized carbons (Fsp3) is 0.222. The Morgan fingerprint density at radius 2 is 2.29 bits per heavy atom. The van der Waals surface area contributed by atoms with Crippen LogP contribution in [0.15, 0.2) is 18.2 Å². The topological polar surface area (TPSA) is 75.3 Å². The van der Waals surface area contributed by atoms with E-state index in [0.29, 0.717) is 18.1 Å². The summed E-state index contributed by atoms with van der Waals surface area (Å²) in [5, 5.41) is 12.3. The van der Waals surface area contributed by atoms with E-state index in [4.69, 9.17) is 17.3 Å². The summed E-state index contributed by atoms with van der Waals surface area (Å²) in [4.78, 5) is 11.4. The Morgan fingerprint density at radius 1 is 1.57 bits per heavy atom. The van der Waals surface area contributed by atoms with Crippen molar-refractivity contribution in [2.45, 2.75) is 0 Å². The van der Waals surface area contributed by atoms with Crippen molar-refractivity contribution >= 4 is 17.5 Å². The van der Waals surface area contributed by atoms with Crippen LogP contribution in [0, 0.1) is 0 Å². The zero-order valence-corrected chi connectivity index (χ0v) is 8.21. The van der Waals surface area contributed by atoms with Gasteiger partial charge in [-0.1, -0.05) is 11.6 Å². The normalized spacial score (nSPS) is 9.86. The fourth-order valence-electron chi connectivity index (χ4n) is 0.978. The third kappa shape index (κ3) is 2.61. The van der Waals surface area contributed by atoms with Gasteiger partial charge in [-0.05, 0) is 18.2 Å². The first-order valence-electron chi connectivity index (χ1n) is 4.12. The first kappa shape index (κ1) is 10.8. The Bertz CT molecular complexity index is 342. The molecule has 4 N–H and O–H groups in total. The van der Waals surface area contributed by atoms with Gasteiger partial charge in [0.15, 0.2) is 0 Å². The number of nitrogens with one attached hydrogen (secondary N) is 1. The maximum absolute atomic E-state index is 11.4. The molecule has 0 saturated carbocycles. The van der Waals surface area contributed by atoms with E-state index in [-0.39, 0.29) is 17.2 Å². The number of carbonyl (C=O) groups is 1. The van der Waals surface area contributed by atoms with E-state index in [1.165, 1.54) is 12.1 Å². The average molecular weight is 215 g/mol. The summed E-state index contributed by atoms with van der Waals surface area (Å²) < 4.78 is 0. The van der Waals surface area contributed by atoms with Crippen molar-refractivity contribution < 1.29 is 9.90 Å². The molecule has 0 aliphatic carbocycles. The summed E-state index contributed by atoms with van der Waals surface area (Å²) in [6, 6.07) is 4.32. The predicted molar refractivity (Wildman–Crippen MR) is 54.5 cm³/mol. The van der Waals surface area contributed by atoms with Gasteiger partial charge in [0.1, 0.15) is 5.75 Å². The van der Waals surface area contributed by atoms with Crippen LogP contribution < -0.4 is 11.1 Å². The van der Waals surface area contributed by atoms with Gasteiger partial charge in [-0.3, -0.25) is 4.79 Å². The molecule has 4 nitrogen and oxygen atoms in total. The smallest absolute Gasteiger partial charge is 0.255 e. The number of halogens is 1. The molecule has 5 heteroatoms. The lowest BCUT2D eigenvalue weighted by atomic mass is 10.2. The Hall–Kier alpha value is -1.26. The van der Waals surface area contributed by atoms with Crippen molar-refractivity contribution in [3.05, 3.63) is 28.8 Å². The van der Waals surface area contributed by atoms with Crippen LogP contribution in [0.1, 0.15) is 10.4 Å². The van der Waals surface area contributed by atoms with E-state index in [9.17, 15) is 9.90 Å². The Balaban J connectivity index is 2.80. The second-order valence-electron chi connectivity index (χ2n) is 2.71. The number of hydrogen-bond acceptors (Lipinski definition) is 3. The molecular weight excluding hydrogens is 204 g/mol. The zero-order valence-electron chi connectivity index (χ0n) is 7.46. The minimum Gasteiger partial charge on any atom is -0.507 e. The van der Waals surface area contributed by atoms with Gasteiger partial charge in [-0.2, -0.15) is 0 Å². The highest BCUT2D eigenvalue weighted by Gasteiger charge is 2.09. The maximum atomic E-state index is 11.4. The number of amides is 1. The van der Waals surface area contributed by atoms with Gasteiger partial charge >= 0.3 is 0 Å². The van der Waals surface area contributed by atoms with Crippen molar-refractivity contribution in [1.82, 2.24) is 5.32 Å². The molecule has 14 heavy (non-hydrogen) atoms. The molecule has 0 saturated heterocycles. The van der Waals surface area contributed by atoms with Crippen molar-refractivity contribution in [2.75, 3.05) is 13.1 Å². The molecule has 0 fully saturated rings. The molecule has 0 bridgehead atoms. The molecule has 0 aliphatic rings. The average Bonchev–Trinajstić information content (AvgIpc) is 2.14. The number of carbonyl (C=O) groups excluding carboxylic acids is 1. The van der Waals surface area contributed by atoms with Crippen molar-refractivity contribution in [2.24, 2.45) is 5.73 Å². The Morgan fingerprint density at radius 3 is 2.86 bits per heavy atom. The lowest BCUT2D eigenvalue weighted by molar-refractivity contribution is 0.0952. The van der Waals surface area contributed by atoms with Crippen LogP contribution in [0.4, 0.5) is 0 Å². The third-order valence-electron chi connectivity index (χ3n) is 1.63. The molecule has 1 amide bonds. The van der Waals surface area contributed by atoms with E-state index < -0.39 is 0 Å². The van der Waals surface area contributed by atoms with Crippen LogP contribution >= 0.6 is 11.6 Å². The molecule has 0 heterocycles. The molecule has 76 valence electrons. The van der Waals surface area contributed by atoms with Gasteiger partial charge in [0, 0.05) is 18.1 Å². The number of benzene rings is 1. The van der Waals surface area contributed by atoms with E-state index in [1.54, 1.807) is 6.07 Å². The summed E-state index contributed by atoms with van der Waals surface area (Å²) >= 11 is 5.61. The first-order chi connectivity index (χ1) is 6.65. The van der Waals surface area contributed by atoms with E-state index >= 15 is 0 Å². The fourth-order valence-corrected chi connectivity index (χ4v) is 1.14. The third-order valence-corrected chi connectivity index (χ3v) is 1.87. The van der Waals surface area contributed by atoms with Crippen LogP contribution in [0.5, 0.6) is 5.75 Å². The highest BCUT2D eigenvalue weighted by Crippen LogP contribution is 2.21. The monoisotopic (exact) mass is 214 g/mol. The molecule has 0 atom stereocenters. The SMILES string of the molecule is NCCNC(=O)c1ccc(Cl)cc1O. The molecule has 0 aliphatic heterocycles. The first-order valence-corrected chi connectivity index (χ1v) is 4.49. The highest BCUT2D eigenvalue weighted by molar-refractivity contribution is 6.30. The minimum absolute atomic E-state index is 0.132. The van der Waals surface area contributed by atoms with Crippen LogP contribution in [-0.2, 0) is 0 Å². The van der Waals surface area contributed by atoms with E-state index in [0.717, 1.165) is 0 Å². The number of aromatic hydroxyl groups is 1. The molecule has 0 spiro atoms. The van der Waals surface area contributed by atoms with Crippen LogP contribution in [0.25, 0.3) is 0 Å². The lowest BCUT2D eigenvalue weighted by Gasteiger charge is -2.05. The maximum Gasteiger partial charge on any atom is 0.255 e. The van der Waals surface area contributed by atoms with Gasteiger partial charge in [0.05, 0.1) is 5.56 Å². The van der Waals surface area contributed by atoms with Crippen LogP contribution in [0.3, 0.4) is 0 Å². The van der Waals surface area contributed by atoms with E-state index in [2.05, 4.69) is 5.32 Å². The molecule has 0 radical (unpaired) electrons. The van der Waals surface area contributed by atoms with Crippen molar-refractivity contribution in [1.29, 1.82) is 0 Å². The van der Waals surface area contributed by atoms with Gasteiger partial charge in [0.2, 0.25) is 0 Å². The Labute approximate surface area is 86.7 Å². The summed E-state index contributed by atoms with van der Waals surface area (Å²) in [6.07, 6.45) is 0. The molecule has 1 rings (SSSR count). The van der Waals surface area contributed by atoms with Crippen LogP contribution in [-0.4, -0.2) is 24.1 Å². The minimum atomic E-state index is -0.357. The van der Waals surface area contributed by atoms with Crippen LogP contribution in [0.2, 0.25) is 5.02 Å². The second kappa shape index (κ2) is 4.83. The van der Waals surface area contributed by atoms with Crippen molar-refractivity contribution in [3.63, 3.8) is 0 Å². The highest BCUT2D eigenvalue weighted by atomic mass is 35.5. The summed E-state index contributed by atoms with van der Waals surface area (Å²) in [5.74, 6) is -0.489. The molecule has 1 aromatic rings. The van der Waals surface area contributed by atoms with Gasteiger partial charge in [0.25, 0.3) is 5.91 Å². The summed E-state index contributed by atoms with van der Waals surface area (Å²) in [7, 11) is 0. The molecule has 0 unspecified atom stereocenters. The van der Waals surface area contributed by atoms with Crippen molar-refractivity contribution in [3.8, 4) is 5.75 Å². The largest absolute Gasteiger partial charge is 0.507 e. The number of nitrogens with two attached hydrogens (primary N) is 1. The molecule has 1 aromatic carbocycles. The molecular formula is C9H11ClN2O2. The predicted octanol–water partition coefficient (Wildman–Crippen LogP) is 0.734. The number of rotatable bonds is 3. The van der Waals surface area contributed by atoms with E-state index in [1.807, 2.05) is 0 Å². The Kier molecular flexibility index (Phi) is 3.73. The molecule has 0 aromatic heterocycles. The van der Waals surface area contributed by atoms with Gasteiger partial charge in [-0.15, -0.1) is 0 Å². The zero-order chi connectivity index (χ0) is 10.6. The summed E-state index contributed by atoms with van der Waals surface area (Å²) in [6.45, 7) is 0.737. The number of phenolic OH excluding ortho intramolecular Hbond substituents is 1. The lowest BCUT2D eigenvalue weighted by Crippen LogP contribution is -2.28. The summed E-state index contributed by atoms with van der Waals surface area (Å²) in [5.41, 5.74) is 5.42. The van der Waals surface area contributed by atoms with Gasteiger partial charge in [-0.25, -0.2) is 0 Å². The quantitative estimate of drug-likeness (QED) is 0.695. The number of phenols is 1. The number of hydrogen-bond donors (Lipinski definition) is 3. The standard InChI is InChI=1S/C9H11ClN2O2/c10-6-1-2-7(8(13)5-6)9(14)12-4-3-11/h1-2,5,13H,3-4,11H2,(H,12,14). The van der Waals surface area contributed by atoms with Gasteiger partial charge < -0.3 is 16.2 Å².